The van der Waals surface area contributed by atoms with Crippen molar-refractivity contribution in [3.63, 3.8) is 0 Å². The summed E-state index contributed by atoms with van der Waals surface area (Å²) in [6.07, 6.45) is 4.36. The molecule has 1 saturated carbocycles. The second-order valence-corrected chi connectivity index (χ2v) is 5.06. The third-order valence-corrected chi connectivity index (χ3v) is 3.77. The first-order valence-electron chi connectivity index (χ1n) is 4.74. The van der Waals surface area contributed by atoms with Crippen LogP contribution in [0.25, 0.3) is 0 Å². The van der Waals surface area contributed by atoms with Gasteiger partial charge in [-0.15, -0.1) is 0 Å². The highest BCUT2D eigenvalue weighted by atomic mass is 35.5. The largest absolute Gasteiger partial charge is 0.395 e. The Labute approximate surface area is 88.9 Å². The van der Waals surface area contributed by atoms with Gasteiger partial charge in [0.05, 0.1) is 11.6 Å². The Morgan fingerprint density at radius 2 is 2.21 bits per heavy atom. The first-order chi connectivity index (χ1) is 6.53. The Morgan fingerprint density at radius 1 is 1.57 bits per heavy atom. The highest BCUT2D eigenvalue weighted by Gasteiger charge is 2.62. The molecule has 1 heterocycles. The van der Waals surface area contributed by atoms with Gasteiger partial charge in [0.1, 0.15) is 0 Å². The zero-order chi connectivity index (χ0) is 10.4. The fourth-order valence-electron chi connectivity index (χ4n) is 2.29. The number of hydrogen-bond donors (Lipinski definition) is 1. The van der Waals surface area contributed by atoms with Gasteiger partial charge in [0.15, 0.2) is 0 Å². The van der Waals surface area contributed by atoms with Crippen LogP contribution in [0, 0.1) is 5.41 Å². The van der Waals surface area contributed by atoms with E-state index in [1.807, 2.05) is 6.07 Å². The van der Waals surface area contributed by atoms with E-state index in [9.17, 15) is 5.11 Å². The second-order valence-electron chi connectivity index (χ2n) is 4.66. The van der Waals surface area contributed by atoms with Crippen LogP contribution in [0.15, 0.2) is 18.5 Å². The fraction of sp³-hybridized carbons (Fsp3) is 0.545. The molecule has 0 bridgehead atoms. The summed E-state index contributed by atoms with van der Waals surface area (Å²) in [5, 5.41) is 10.2. The topological polar surface area (TPSA) is 33.1 Å². The van der Waals surface area contributed by atoms with E-state index in [4.69, 9.17) is 11.6 Å². The maximum atomic E-state index is 9.49. The van der Waals surface area contributed by atoms with Gasteiger partial charge >= 0.3 is 0 Å². The minimum absolute atomic E-state index is 0.146. The van der Waals surface area contributed by atoms with E-state index in [2.05, 4.69) is 18.8 Å². The number of nitrogens with zero attached hydrogens (tertiary/aromatic N) is 1. The van der Waals surface area contributed by atoms with E-state index in [0.29, 0.717) is 5.02 Å². The number of aromatic nitrogens is 1. The van der Waals surface area contributed by atoms with Gasteiger partial charge in [0.25, 0.3) is 0 Å². The predicted molar refractivity (Wildman–Crippen MR) is 56.4 cm³/mol. The number of aliphatic hydroxyl groups excluding tert-OH is 1. The van der Waals surface area contributed by atoms with Crippen LogP contribution in [0.4, 0.5) is 0 Å². The SMILES string of the molecule is CC1(C)CC1(CO)c1ccncc1Cl. The second kappa shape index (κ2) is 2.94. The summed E-state index contributed by atoms with van der Waals surface area (Å²) in [5.41, 5.74) is 1.03. The number of hydrogen-bond acceptors (Lipinski definition) is 2. The third kappa shape index (κ3) is 1.17. The Balaban J connectivity index is 2.46. The summed E-state index contributed by atoms with van der Waals surface area (Å²) in [6, 6.07) is 1.91. The summed E-state index contributed by atoms with van der Waals surface area (Å²) in [7, 11) is 0. The van der Waals surface area contributed by atoms with Gasteiger partial charge in [0, 0.05) is 17.8 Å². The molecule has 2 rings (SSSR count). The molecule has 0 saturated heterocycles. The molecule has 3 heteroatoms. The lowest BCUT2D eigenvalue weighted by Gasteiger charge is -2.19. The predicted octanol–water partition coefficient (Wildman–Crippen LogP) is 2.40. The van der Waals surface area contributed by atoms with Gasteiger partial charge in [-0.25, -0.2) is 0 Å². The van der Waals surface area contributed by atoms with Crippen molar-refractivity contribution in [1.82, 2.24) is 4.98 Å². The molecule has 0 amide bonds. The molecular weight excluding hydrogens is 198 g/mol. The van der Waals surface area contributed by atoms with Crippen molar-refractivity contribution in [2.45, 2.75) is 25.7 Å². The normalized spacial score (nSPS) is 28.9. The summed E-state index contributed by atoms with van der Waals surface area (Å²) in [6.45, 7) is 4.46. The van der Waals surface area contributed by atoms with E-state index in [-0.39, 0.29) is 17.4 Å². The molecule has 0 spiro atoms. The maximum absolute atomic E-state index is 9.49. The molecule has 1 aliphatic rings. The van der Waals surface area contributed by atoms with E-state index in [0.717, 1.165) is 12.0 Å². The van der Waals surface area contributed by atoms with Crippen molar-refractivity contribution in [3.8, 4) is 0 Å². The van der Waals surface area contributed by atoms with Crippen LogP contribution >= 0.6 is 11.6 Å². The third-order valence-electron chi connectivity index (χ3n) is 3.47. The van der Waals surface area contributed by atoms with Crippen LogP contribution in [-0.4, -0.2) is 16.7 Å². The minimum atomic E-state index is -0.146. The van der Waals surface area contributed by atoms with Crippen molar-refractivity contribution < 1.29 is 5.11 Å². The van der Waals surface area contributed by atoms with Crippen LogP contribution in [0.1, 0.15) is 25.8 Å². The van der Waals surface area contributed by atoms with Crippen molar-refractivity contribution in [1.29, 1.82) is 0 Å². The van der Waals surface area contributed by atoms with Crippen LogP contribution in [-0.2, 0) is 5.41 Å². The molecule has 1 atom stereocenters. The molecule has 1 aromatic rings. The van der Waals surface area contributed by atoms with Gasteiger partial charge < -0.3 is 5.11 Å². The van der Waals surface area contributed by atoms with E-state index in [1.54, 1.807) is 12.4 Å². The summed E-state index contributed by atoms with van der Waals surface area (Å²) in [5.74, 6) is 0. The summed E-state index contributed by atoms with van der Waals surface area (Å²) >= 11 is 6.08. The standard InChI is InChI=1S/C11H14ClNO/c1-10(2)6-11(10,7-14)8-3-4-13-5-9(8)12/h3-5,14H,6-7H2,1-2H3. The molecule has 1 aromatic heterocycles. The van der Waals surface area contributed by atoms with Gasteiger partial charge in [-0.05, 0) is 23.5 Å². The lowest BCUT2D eigenvalue weighted by Crippen LogP contribution is -2.19. The fourth-order valence-corrected chi connectivity index (χ4v) is 2.59. The molecule has 1 N–H and O–H groups in total. The van der Waals surface area contributed by atoms with Crippen LogP contribution in [0.3, 0.4) is 0 Å². The Morgan fingerprint density at radius 3 is 2.64 bits per heavy atom. The maximum Gasteiger partial charge on any atom is 0.0628 e. The molecule has 1 fully saturated rings. The monoisotopic (exact) mass is 211 g/mol. The highest BCUT2D eigenvalue weighted by Crippen LogP contribution is 2.64. The zero-order valence-corrected chi connectivity index (χ0v) is 9.17. The molecule has 0 radical (unpaired) electrons. The number of halogens is 1. The Bertz CT molecular complexity index is 364. The first kappa shape index (κ1) is 9.94. The van der Waals surface area contributed by atoms with Gasteiger partial charge in [-0.1, -0.05) is 25.4 Å². The summed E-state index contributed by atoms with van der Waals surface area (Å²) in [4.78, 5) is 3.95. The Hall–Kier alpha value is -0.600. The molecular formula is C11H14ClNO. The first-order valence-corrected chi connectivity index (χ1v) is 5.12. The van der Waals surface area contributed by atoms with Crippen molar-refractivity contribution in [3.05, 3.63) is 29.0 Å². The Kier molecular flexibility index (Phi) is 2.09. The smallest absolute Gasteiger partial charge is 0.0628 e. The van der Waals surface area contributed by atoms with Crippen LogP contribution in [0.2, 0.25) is 5.02 Å². The lowest BCUT2D eigenvalue weighted by atomic mass is 9.89. The quantitative estimate of drug-likeness (QED) is 0.815. The number of aliphatic hydroxyl groups is 1. The minimum Gasteiger partial charge on any atom is -0.395 e. The van der Waals surface area contributed by atoms with Gasteiger partial charge in [-0.3, -0.25) is 4.98 Å². The molecule has 76 valence electrons. The van der Waals surface area contributed by atoms with Crippen LogP contribution < -0.4 is 0 Å². The number of rotatable bonds is 2. The van der Waals surface area contributed by atoms with Crippen molar-refractivity contribution >= 4 is 11.6 Å². The molecule has 1 aliphatic carbocycles. The molecule has 1 unspecified atom stereocenters. The van der Waals surface area contributed by atoms with Gasteiger partial charge in [-0.2, -0.15) is 0 Å². The zero-order valence-electron chi connectivity index (χ0n) is 8.42. The molecule has 0 aliphatic heterocycles. The average Bonchev–Trinajstić information content (AvgIpc) is 2.70. The highest BCUT2D eigenvalue weighted by molar-refractivity contribution is 6.31. The molecule has 14 heavy (non-hydrogen) atoms. The van der Waals surface area contributed by atoms with E-state index in [1.165, 1.54) is 0 Å². The van der Waals surface area contributed by atoms with Crippen molar-refractivity contribution in [2.75, 3.05) is 6.61 Å². The van der Waals surface area contributed by atoms with Crippen LogP contribution in [0.5, 0.6) is 0 Å². The average molecular weight is 212 g/mol. The molecule has 0 aromatic carbocycles. The lowest BCUT2D eigenvalue weighted by molar-refractivity contribution is 0.231. The van der Waals surface area contributed by atoms with Crippen molar-refractivity contribution in [2.24, 2.45) is 5.41 Å². The number of pyridine rings is 1. The molecule has 2 nitrogen and oxygen atoms in total. The van der Waals surface area contributed by atoms with Gasteiger partial charge in [0.2, 0.25) is 0 Å². The van der Waals surface area contributed by atoms with E-state index >= 15 is 0 Å². The summed E-state index contributed by atoms with van der Waals surface area (Å²) < 4.78 is 0. The van der Waals surface area contributed by atoms with E-state index < -0.39 is 0 Å².